The summed E-state index contributed by atoms with van der Waals surface area (Å²) in [6, 6.07) is 5.15. The van der Waals surface area contributed by atoms with E-state index < -0.39 is 0 Å². The van der Waals surface area contributed by atoms with Crippen LogP contribution < -0.4 is 10.6 Å². The van der Waals surface area contributed by atoms with Crippen molar-refractivity contribution in [3.8, 4) is 0 Å². The summed E-state index contributed by atoms with van der Waals surface area (Å²) < 4.78 is 4.77. The average Bonchev–Trinajstić information content (AvgIpc) is 2.51. The van der Waals surface area contributed by atoms with E-state index in [0.29, 0.717) is 24.8 Å². The topological polar surface area (TPSA) is 68.4 Å². The van der Waals surface area contributed by atoms with Gasteiger partial charge in [0.25, 0.3) is 0 Å². The third-order valence-electron chi connectivity index (χ3n) is 1.79. The van der Waals surface area contributed by atoms with Crippen molar-refractivity contribution in [2.75, 3.05) is 23.8 Å². The lowest BCUT2D eigenvalue weighted by molar-refractivity contribution is 0.181. The molecule has 0 atom stereocenters. The largest absolute Gasteiger partial charge is 0.447 e. The second-order valence-corrected chi connectivity index (χ2v) is 2.69. The van der Waals surface area contributed by atoms with Crippen molar-refractivity contribution in [3.05, 3.63) is 18.2 Å². The molecule has 2 heterocycles. The van der Waals surface area contributed by atoms with E-state index >= 15 is 0 Å². The molecular formula is C8H11N3O2. The van der Waals surface area contributed by atoms with Gasteiger partial charge in [0, 0.05) is 1.43 Å². The summed E-state index contributed by atoms with van der Waals surface area (Å²) >= 11 is 0. The summed E-state index contributed by atoms with van der Waals surface area (Å²) in [5.41, 5.74) is 5.48. The van der Waals surface area contributed by atoms with Crippen LogP contribution in [0.4, 0.5) is 16.4 Å². The standard InChI is InChI=1S/C8H9N3O2.H2/c9-6-2-1-3-7(10-6)11-4-5-13-8(11)12;/h1-3H,4-5H2,(H2,9,10);1H. The van der Waals surface area contributed by atoms with E-state index in [1.54, 1.807) is 18.2 Å². The molecule has 1 aromatic heterocycles. The van der Waals surface area contributed by atoms with Crippen LogP contribution in [0.25, 0.3) is 0 Å². The maximum absolute atomic E-state index is 11.1. The Morgan fingerprint density at radius 3 is 3.08 bits per heavy atom. The van der Waals surface area contributed by atoms with Gasteiger partial charge in [0.2, 0.25) is 0 Å². The SMILES string of the molecule is Nc1cccc(N2CCOC2=O)n1.[HH]. The molecule has 0 aromatic carbocycles. The number of anilines is 2. The summed E-state index contributed by atoms with van der Waals surface area (Å²) in [4.78, 5) is 16.6. The van der Waals surface area contributed by atoms with Crippen LogP contribution in [0.1, 0.15) is 1.43 Å². The van der Waals surface area contributed by atoms with Gasteiger partial charge in [-0.25, -0.2) is 9.78 Å². The van der Waals surface area contributed by atoms with Crippen LogP contribution in [0.3, 0.4) is 0 Å². The maximum atomic E-state index is 11.1. The van der Waals surface area contributed by atoms with Crippen molar-refractivity contribution in [1.29, 1.82) is 0 Å². The van der Waals surface area contributed by atoms with E-state index in [1.165, 1.54) is 4.90 Å². The molecule has 2 rings (SSSR count). The normalized spacial score (nSPS) is 16.0. The molecule has 13 heavy (non-hydrogen) atoms. The number of pyridine rings is 1. The molecule has 70 valence electrons. The summed E-state index contributed by atoms with van der Waals surface area (Å²) in [5, 5.41) is 0. The van der Waals surface area contributed by atoms with Crippen molar-refractivity contribution >= 4 is 17.7 Å². The summed E-state index contributed by atoms with van der Waals surface area (Å²) in [6.07, 6.45) is -0.363. The monoisotopic (exact) mass is 181 g/mol. The van der Waals surface area contributed by atoms with Gasteiger partial charge in [-0.2, -0.15) is 0 Å². The number of nitrogen functional groups attached to an aromatic ring is 1. The molecule has 2 N–H and O–H groups in total. The molecule has 0 spiro atoms. The number of nitrogens with two attached hydrogens (primary N) is 1. The van der Waals surface area contributed by atoms with Crippen LogP contribution in [-0.2, 0) is 4.74 Å². The van der Waals surface area contributed by atoms with E-state index in [0.717, 1.165) is 0 Å². The highest BCUT2D eigenvalue weighted by molar-refractivity contribution is 5.88. The maximum Gasteiger partial charge on any atom is 0.415 e. The first-order valence-electron chi connectivity index (χ1n) is 3.94. The number of cyclic esters (lactones) is 1. The molecule has 1 aliphatic heterocycles. The molecule has 5 nitrogen and oxygen atoms in total. The number of aromatic nitrogens is 1. The average molecular weight is 181 g/mol. The Labute approximate surface area is 76.6 Å². The molecule has 1 fully saturated rings. The fourth-order valence-electron chi connectivity index (χ4n) is 1.19. The van der Waals surface area contributed by atoms with Crippen LogP contribution in [0.5, 0.6) is 0 Å². The minimum Gasteiger partial charge on any atom is -0.447 e. The highest BCUT2D eigenvalue weighted by Gasteiger charge is 2.24. The van der Waals surface area contributed by atoms with Crippen LogP contribution in [0, 0.1) is 0 Å². The summed E-state index contributed by atoms with van der Waals surface area (Å²) in [5.74, 6) is 0.944. The van der Waals surface area contributed by atoms with Crippen molar-refractivity contribution in [3.63, 3.8) is 0 Å². The lowest BCUT2D eigenvalue weighted by atomic mass is 10.4. The first kappa shape index (κ1) is 7.85. The van der Waals surface area contributed by atoms with Gasteiger partial charge in [0.15, 0.2) is 0 Å². The zero-order valence-electron chi connectivity index (χ0n) is 6.93. The third-order valence-corrected chi connectivity index (χ3v) is 1.79. The number of nitrogens with zero attached hydrogens (tertiary/aromatic N) is 2. The van der Waals surface area contributed by atoms with Crippen molar-refractivity contribution in [2.24, 2.45) is 0 Å². The van der Waals surface area contributed by atoms with Crippen LogP contribution in [-0.4, -0.2) is 24.2 Å². The Kier molecular flexibility index (Phi) is 1.77. The predicted molar refractivity (Wildman–Crippen MR) is 49.5 cm³/mol. The van der Waals surface area contributed by atoms with Gasteiger partial charge in [-0.1, -0.05) is 6.07 Å². The first-order chi connectivity index (χ1) is 6.27. The van der Waals surface area contributed by atoms with Gasteiger partial charge < -0.3 is 10.5 Å². The van der Waals surface area contributed by atoms with E-state index in [1.807, 2.05) is 0 Å². The second kappa shape index (κ2) is 2.93. The lowest BCUT2D eigenvalue weighted by Crippen LogP contribution is -2.24. The highest BCUT2D eigenvalue weighted by atomic mass is 16.6. The Balaban J connectivity index is 0.000000980. The highest BCUT2D eigenvalue weighted by Crippen LogP contribution is 2.16. The number of amides is 1. The van der Waals surface area contributed by atoms with Crippen LogP contribution in [0.2, 0.25) is 0 Å². The molecule has 0 unspecified atom stereocenters. The number of ether oxygens (including phenoxy) is 1. The molecule has 1 saturated heterocycles. The molecule has 0 aliphatic carbocycles. The second-order valence-electron chi connectivity index (χ2n) is 2.69. The number of rotatable bonds is 1. The molecule has 1 amide bonds. The third kappa shape index (κ3) is 1.40. The zero-order chi connectivity index (χ0) is 9.26. The number of hydrogen-bond acceptors (Lipinski definition) is 4. The summed E-state index contributed by atoms with van der Waals surface area (Å²) in [6.45, 7) is 0.949. The Morgan fingerprint density at radius 1 is 1.62 bits per heavy atom. The van der Waals surface area contributed by atoms with Gasteiger partial charge in [0.1, 0.15) is 18.2 Å². The summed E-state index contributed by atoms with van der Waals surface area (Å²) in [7, 11) is 0. The molecule has 0 saturated carbocycles. The number of carbonyl (C=O) groups is 1. The quantitative estimate of drug-likeness (QED) is 0.697. The molecule has 1 aliphatic rings. The molecular weight excluding hydrogens is 170 g/mol. The smallest absolute Gasteiger partial charge is 0.415 e. The Bertz CT molecular complexity index is 345. The fraction of sp³-hybridized carbons (Fsp3) is 0.250. The van der Waals surface area contributed by atoms with Crippen molar-refractivity contribution < 1.29 is 11.0 Å². The molecule has 1 aromatic rings. The van der Waals surface area contributed by atoms with Gasteiger partial charge >= 0.3 is 6.09 Å². The van der Waals surface area contributed by atoms with Gasteiger partial charge in [-0.3, -0.25) is 4.90 Å². The van der Waals surface area contributed by atoms with E-state index in [-0.39, 0.29) is 7.52 Å². The lowest BCUT2D eigenvalue weighted by Gasteiger charge is -2.10. The van der Waals surface area contributed by atoms with Crippen molar-refractivity contribution in [1.82, 2.24) is 4.98 Å². The first-order valence-corrected chi connectivity index (χ1v) is 3.94. The van der Waals surface area contributed by atoms with Crippen molar-refractivity contribution in [2.45, 2.75) is 0 Å². The van der Waals surface area contributed by atoms with E-state index in [2.05, 4.69) is 4.98 Å². The Morgan fingerprint density at radius 2 is 2.46 bits per heavy atom. The molecule has 0 bridgehead atoms. The Hall–Kier alpha value is -1.78. The number of carbonyl (C=O) groups excluding carboxylic acids is 1. The fourth-order valence-corrected chi connectivity index (χ4v) is 1.19. The van der Waals surface area contributed by atoms with Crippen LogP contribution >= 0.6 is 0 Å². The minimum absolute atomic E-state index is 0. The van der Waals surface area contributed by atoms with Gasteiger partial charge in [-0.05, 0) is 12.1 Å². The number of hydrogen-bond donors (Lipinski definition) is 1. The van der Waals surface area contributed by atoms with Gasteiger partial charge in [-0.15, -0.1) is 0 Å². The van der Waals surface area contributed by atoms with Gasteiger partial charge in [0.05, 0.1) is 6.54 Å². The van der Waals surface area contributed by atoms with Crippen LogP contribution in [0.15, 0.2) is 18.2 Å². The molecule has 0 radical (unpaired) electrons. The van der Waals surface area contributed by atoms with E-state index in [4.69, 9.17) is 10.5 Å². The zero-order valence-corrected chi connectivity index (χ0v) is 6.93. The predicted octanol–water partition coefficient (Wildman–Crippen LogP) is 0.866. The molecule has 5 heteroatoms. The minimum atomic E-state index is -0.363. The van der Waals surface area contributed by atoms with E-state index in [9.17, 15) is 4.79 Å².